The van der Waals surface area contributed by atoms with E-state index in [-0.39, 0.29) is 0 Å². The standard InChI is InChI=1S/C10H12N4O/c11-5-8-6-12-10(13-7-8)14-9-1-3-15-4-2-9/h6-7,9H,1-4H2,(H,12,13,14). The van der Waals surface area contributed by atoms with E-state index in [9.17, 15) is 0 Å². The van der Waals surface area contributed by atoms with Gasteiger partial charge in [-0.15, -0.1) is 0 Å². The van der Waals surface area contributed by atoms with Crippen molar-refractivity contribution in [3.8, 4) is 6.07 Å². The van der Waals surface area contributed by atoms with Crippen LogP contribution in [0.4, 0.5) is 5.95 Å². The van der Waals surface area contributed by atoms with Crippen LogP contribution >= 0.6 is 0 Å². The molecule has 0 saturated carbocycles. The molecular formula is C10H12N4O. The van der Waals surface area contributed by atoms with Crippen LogP contribution in [0.15, 0.2) is 12.4 Å². The second-order valence-electron chi connectivity index (χ2n) is 3.44. The van der Waals surface area contributed by atoms with Gasteiger partial charge in [-0.3, -0.25) is 0 Å². The second-order valence-corrected chi connectivity index (χ2v) is 3.44. The van der Waals surface area contributed by atoms with Crippen LogP contribution in [0, 0.1) is 11.3 Å². The van der Waals surface area contributed by atoms with Crippen LogP contribution < -0.4 is 5.32 Å². The van der Waals surface area contributed by atoms with Crippen LogP contribution in [0.2, 0.25) is 0 Å². The molecule has 1 aliphatic rings. The van der Waals surface area contributed by atoms with Crippen LogP contribution in [-0.4, -0.2) is 29.2 Å². The molecule has 78 valence electrons. The molecule has 2 heterocycles. The van der Waals surface area contributed by atoms with Crippen molar-refractivity contribution in [1.82, 2.24) is 9.97 Å². The number of rotatable bonds is 2. The van der Waals surface area contributed by atoms with Crippen molar-refractivity contribution < 1.29 is 4.74 Å². The fraction of sp³-hybridized carbons (Fsp3) is 0.500. The Labute approximate surface area is 88.1 Å². The van der Waals surface area contributed by atoms with E-state index >= 15 is 0 Å². The van der Waals surface area contributed by atoms with Gasteiger partial charge in [0, 0.05) is 19.3 Å². The number of hydrogen-bond donors (Lipinski definition) is 1. The summed E-state index contributed by atoms with van der Waals surface area (Å²) in [5.74, 6) is 0.584. The van der Waals surface area contributed by atoms with Crippen molar-refractivity contribution in [1.29, 1.82) is 5.26 Å². The lowest BCUT2D eigenvalue weighted by atomic mass is 10.1. The van der Waals surface area contributed by atoms with E-state index in [4.69, 9.17) is 10.00 Å². The van der Waals surface area contributed by atoms with E-state index in [0.29, 0.717) is 17.6 Å². The lowest BCUT2D eigenvalue weighted by Crippen LogP contribution is -2.28. The molecular weight excluding hydrogens is 192 g/mol. The van der Waals surface area contributed by atoms with E-state index in [1.165, 1.54) is 12.4 Å². The van der Waals surface area contributed by atoms with Crippen LogP contribution in [0.1, 0.15) is 18.4 Å². The third-order valence-electron chi connectivity index (χ3n) is 2.34. The SMILES string of the molecule is N#Cc1cnc(NC2CCOCC2)nc1. The molecule has 0 amide bonds. The second kappa shape index (κ2) is 4.71. The molecule has 0 bridgehead atoms. The Morgan fingerprint density at radius 1 is 1.33 bits per heavy atom. The Morgan fingerprint density at radius 2 is 2.00 bits per heavy atom. The molecule has 1 fully saturated rings. The number of nitrogens with one attached hydrogen (secondary N) is 1. The lowest BCUT2D eigenvalue weighted by Gasteiger charge is -2.22. The molecule has 0 atom stereocenters. The topological polar surface area (TPSA) is 70.8 Å². The predicted molar refractivity (Wildman–Crippen MR) is 54.2 cm³/mol. The van der Waals surface area contributed by atoms with Gasteiger partial charge in [-0.25, -0.2) is 9.97 Å². The average Bonchev–Trinajstić information content (AvgIpc) is 2.31. The summed E-state index contributed by atoms with van der Waals surface area (Å²) in [6.07, 6.45) is 5.00. The molecule has 1 N–H and O–H groups in total. The smallest absolute Gasteiger partial charge is 0.222 e. The molecule has 0 aliphatic carbocycles. The van der Waals surface area contributed by atoms with Crippen molar-refractivity contribution in [2.75, 3.05) is 18.5 Å². The maximum atomic E-state index is 8.58. The number of aromatic nitrogens is 2. The predicted octanol–water partition coefficient (Wildman–Crippen LogP) is 0.939. The third-order valence-corrected chi connectivity index (χ3v) is 2.34. The van der Waals surface area contributed by atoms with Gasteiger partial charge in [0.25, 0.3) is 0 Å². The highest BCUT2D eigenvalue weighted by Gasteiger charge is 2.13. The summed E-state index contributed by atoms with van der Waals surface area (Å²) in [6.45, 7) is 1.57. The monoisotopic (exact) mass is 204 g/mol. The Balaban J connectivity index is 1.95. The van der Waals surface area contributed by atoms with Crippen molar-refractivity contribution in [2.45, 2.75) is 18.9 Å². The Bertz CT molecular complexity index is 351. The van der Waals surface area contributed by atoms with Crippen LogP contribution in [-0.2, 0) is 4.74 Å². The zero-order chi connectivity index (χ0) is 10.5. The molecule has 1 aliphatic heterocycles. The van der Waals surface area contributed by atoms with Crippen LogP contribution in [0.5, 0.6) is 0 Å². The third kappa shape index (κ3) is 2.64. The number of anilines is 1. The van der Waals surface area contributed by atoms with Gasteiger partial charge in [0.05, 0.1) is 18.0 Å². The highest BCUT2D eigenvalue weighted by Crippen LogP contribution is 2.11. The normalized spacial score (nSPS) is 17.0. The Morgan fingerprint density at radius 3 is 2.60 bits per heavy atom. The molecule has 1 aromatic rings. The van der Waals surface area contributed by atoms with Gasteiger partial charge in [0.15, 0.2) is 0 Å². The maximum Gasteiger partial charge on any atom is 0.222 e. The van der Waals surface area contributed by atoms with Gasteiger partial charge in [-0.05, 0) is 12.8 Å². The molecule has 5 nitrogen and oxygen atoms in total. The van der Waals surface area contributed by atoms with Gasteiger partial charge in [-0.2, -0.15) is 5.26 Å². The maximum absolute atomic E-state index is 8.58. The molecule has 0 aromatic carbocycles. The van der Waals surface area contributed by atoms with E-state index in [2.05, 4.69) is 15.3 Å². The summed E-state index contributed by atoms with van der Waals surface area (Å²) in [5.41, 5.74) is 0.479. The van der Waals surface area contributed by atoms with Crippen LogP contribution in [0.25, 0.3) is 0 Å². The van der Waals surface area contributed by atoms with Crippen molar-refractivity contribution in [3.63, 3.8) is 0 Å². The molecule has 0 unspecified atom stereocenters. The zero-order valence-corrected chi connectivity index (χ0v) is 8.31. The first-order valence-corrected chi connectivity index (χ1v) is 4.95. The summed E-state index contributed by atoms with van der Waals surface area (Å²) in [7, 11) is 0. The van der Waals surface area contributed by atoms with Crippen molar-refractivity contribution in [3.05, 3.63) is 18.0 Å². The van der Waals surface area contributed by atoms with E-state index in [0.717, 1.165) is 26.1 Å². The quantitative estimate of drug-likeness (QED) is 0.776. The minimum absolute atomic E-state index is 0.381. The van der Waals surface area contributed by atoms with Crippen molar-refractivity contribution >= 4 is 5.95 Å². The molecule has 5 heteroatoms. The van der Waals surface area contributed by atoms with Gasteiger partial charge < -0.3 is 10.1 Å². The first kappa shape index (κ1) is 9.87. The Kier molecular flexibility index (Phi) is 3.10. The Hall–Kier alpha value is -1.67. The first-order valence-electron chi connectivity index (χ1n) is 4.95. The average molecular weight is 204 g/mol. The molecule has 1 aromatic heterocycles. The highest BCUT2D eigenvalue weighted by molar-refractivity contribution is 5.30. The lowest BCUT2D eigenvalue weighted by molar-refractivity contribution is 0.0903. The molecule has 0 radical (unpaired) electrons. The molecule has 0 spiro atoms. The van der Waals surface area contributed by atoms with Gasteiger partial charge >= 0.3 is 0 Å². The molecule has 2 rings (SSSR count). The molecule has 15 heavy (non-hydrogen) atoms. The van der Waals surface area contributed by atoms with E-state index in [1.54, 1.807) is 0 Å². The van der Waals surface area contributed by atoms with Gasteiger partial charge in [0.1, 0.15) is 6.07 Å². The summed E-state index contributed by atoms with van der Waals surface area (Å²) < 4.78 is 5.25. The number of nitrogens with zero attached hydrogens (tertiary/aromatic N) is 3. The largest absolute Gasteiger partial charge is 0.381 e. The number of nitriles is 1. The summed E-state index contributed by atoms with van der Waals surface area (Å²) in [6, 6.07) is 2.37. The van der Waals surface area contributed by atoms with E-state index in [1.807, 2.05) is 6.07 Å². The summed E-state index contributed by atoms with van der Waals surface area (Å²) in [4.78, 5) is 8.12. The van der Waals surface area contributed by atoms with Crippen molar-refractivity contribution in [2.24, 2.45) is 0 Å². The minimum Gasteiger partial charge on any atom is -0.381 e. The van der Waals surface area contributed by atoms with E-state index < -0.39 is 0 Å². The summed E-state index contributed by atoms with van der Waals surface area (Å²) in [5, 5.41) is 11.8. The highest BCUT2D eigenvalue weighted by atomic mass is 16.5. The fourth-order valence-electron chi connectivity index (χ4n) is 1.48. The minimum atomic E-state index is 0.381. The first-order chi connectivity index (χ1) is 7.38. The van der Waals surface area contributed by atoms with Gasteiger partial charge in [0.2, 0.25) is 5.95 Å². The molecule has 1 saturated heterocycles. The summed E-state index contributed by atoms with van der Waals surface area (Å²) >= 11 is 0. The number of ether oxygens (including phenoxy) is 1. The van der Waals surface area contributed by atoms with Gasteiger partial charge in [-0.1, -0.05) is 0 Å². The fourth-order valence-corrected chi connectivity index (χ4v) is 1.48. The number of hydrogen-bond acceptors (Lipinski definition) is 5. The van der Waals surface area contributed by atoms with Crippen LogP contribution in [0.3, 0.4) is 0 Å². The zero-order valence-electron chi connectivity index (χ0n) is 8.31.